The molecular formula is C13H28N3O3P. The summed E-state index contributed by atoms with van der Waals surface area (Å²) in [7, 11) is 4.48. The van der Waals surface area contributed by atoms with E-state index < -0.39 is 7.59 Å². The minimum absolute atomic E-state index is 0.0704. The van der Waals surface area contributed by atoms with E-state index in [0.29, 0.717) is 13.0 Å². The summed E-state index contributed by atoms with van der Waals surface area (Å²) in [6, 6.07) is 0.0915. The van der Waals surface area contributed by atoms with E-state index >= 15 is 0 Å². The van der Waals surface area contributed by atoms with Gasteiger partial charge in [0, 0.05) is 6.04 Å². The smallest absolute Gasteiger partial charge is 0.308 e. The van der Waals surface area contributed by atoms with E-state index in [2.05, 4.69) is 5.09 Å². The minimum Gasteiger partial charge on any atom is -0.466 e. The molecule has 0 aromatic heterocycles. The van der Waals surface area contributed by atoms with Gasteiger partial charge in [0.2, 0.25) is 0 Å². The lowest BCUT2D eigenvalue weighted by Gasteiger charge is -2.37. The van der Waals surface area contributed by atoms with Crippen LogP contribution in [-0.4, -0.2) is 56.1 Å². The predicted molar refractivity (Wildman–Crippen MR) is 80.5 cm³/mol. The Bertz CT molecular complexity index is 362. The molecule has 1 rings (SSSR count). The van der Waals surface area contributed by atoms with Crippen molar-refractivity contribution in [2.75, 3.05) is 34.8 Å². The summed E-state index contributed by atoms with van der Waals surface area (Å²) in [5.74, 6) is -0.192. The number of carbonyl (C=O) groups excluding carboxylic acids is 1. The summed E-state index contributed by atoms with van der Waals surface area (Å²) in [6.07, 6.45) is 3.47. The van der Waals surface area contributed by atoms with Crippen LogP contribution in [0, 0.1) is 5.92 Å². The Morgan fingerprint density at radius 2 is 1.85 bits per heavy atom. The first-order valence-corrected chi connectivity index (χ1v) is 8.82. The highest BCUT2D eigenvalue weighted by Gasteiger charge is 2.35. The largest absolute Gasteiger partial charge is 0.466 e. The Kier molecular flexibility index (Phi) is 6.65. The standard InChI is InChI=1S/C13H28N3O3P/c1-6-19-13(17)11-8-7-9-12(10-11)14-20(18,15(2)3)16(4)5/h11-12H,6-10H2,1-5H3,(H,14,18). The van der Waals surface area contributed by atoms with E-state index in [1.165, 1.54) is 0 Å². The summed E-state index contributed by atoms with van der Waals surface area (Å²) in [6.45, 7) is 2.24. The Morgan fingerprint density at radius 1 is 1.25 bits per heavy atom. The van der Waals surface area contributed by atoms with Crippen LogP contribution in [0.25, 0.3) is 0 Å². The highest BCUT2D eigenvalue weighted by molar-refractivity contribution is 7.56. The maximum absolute atomic E-state index is 12.9. The molecule has 7 heteroatoms. The summed E-state index contributed by atoms with van der Waals surface area (Å²) in [5, 5.41) is 3.26. The van der Waals surface area contributed by atoms with Gasteiger partial charge in [-0.3, -0.25) is 9.36 Å². The van der Waals surface area contributed by atoms with Gasteiger partial charge in [0.25, 0.3) is 7.59 Å². The maximum atomic E-state index is 12.9. The van der Waals surface area contributed by atoms with Crippen molar-refractivity contribution in [3.05, 3.63) is 0 Å². The van der Waals surface area contributed by atoms with Crippen LogP contribution in [0.2, 0.25) is 0 Å². The van der Waals surface area contributed by atoms with Gasteiger partial charge in [-0.15, -0.1) is 0 Å². The Labute approximate surface area is 122 Å². The number of carbonyl (C=O) groups is 1. The molecule has 6 nitrogen and oxygen atoms in total. The first-order chi connectivity index (χ1) is 9.31. The van der Waals surface area contributed by atoms with Gasteiger partial charge in [0.05, 0.1) is 12.5 Å². The van der Waals surface area contributed by atoms with Crippen molar-refractivity contribution >= 4 is 13.6 Å². The molecule has 1 N–H and O–H groups in total. The number of hydrogen-bond donors (Lipinski definition) is 1. The lowest BCUT2D eigenvalue weighted by molar-refractivity contribution is -0.149. The summed E-state index contributed by atoms with van der Waals surface area (Å²) < 4.78 is 21.5. The molecule has 2 atom stereocenters. The van der Waals surface area contributed by atoms with Gasteiger partial charge in [0.15, 0.2) is 0 Å². The number of nitrogens with one attached hydrogen (secondary N) is 1. The molecule has 0 heterocycles. The maximum Gasteiger partial charge on any atom is 0.308 e. The molecule has 118 valence electrons. The molecule has 2 unspecified atom stereocenters. The first kappa shape index (κ1) is 17.6. The van der Waals surface area contributed by atoms with E-state index in [4.69, 9.17) is 4.74 Å². The molecule has 0 aliphatic heterocycles. The van der Waals surface area contributed by atoms with Gasteiger partial charge in [-0.1, -0.05) is 6.42 Å². The van der Waals surface area contributed by atoms with Gasteiger partial charge >= 0.3 is 5.97 Å². The van der Waals surface area contributed by atoms with Crippen molar-refractivity contribution in [2.45, 2.75) is 38.6 Å². The topological polar surface area (TPSA) is 61.9 Å². The van der Waals surface area contributed by atoms with Crippen molar-refractivity contribution in [1.82, 2.24) is 14.4 Å². The molecule has 0 bridgehead atoms. The number of rotatable bonds is 6. The van der Waals surface area contributed by atoms with E-state index in [1.807, 2.05) is 6.92 Å². The lowest BCUT2D eigenvalue weighted by atomic mass is 9.86. The highest BCUT2D eigenvalue weighted by atomic mass is 31.2. The number of ether oxygens (including phenoxy) is 1. The molecule has 1 saturated carbocycles. The Morgan fingerprint density at radius 3 is 2.35 bits per heavy atom. The second-order valence-electron chi connectivity index (χ2n) is 5.68. The predicted octanol–water partition coefficient (Wildman–Crippen LogP) is 1.93. The molecule has 0 radical (unpaired) electrons. The van der Waals surface area contributed by atoms with Crippen LogP contribution in [0.15, 0.2) is 0 Å². The molecule has 0 aromatic rings. The van der Waals surface area contributed by atoms with Crippen molar-refractivity contribution in [2.24, 2.45) is 5.92 Å². The zero-order valence-electron chi connectivity index (χ0n) is 13.3. The van der Waals surface area contributed by atoms with Crippen molar-refractivity contribution in [1.29, 1.82) is 0 Å². The zero-order chi connectivity index (χ0) is 15.3. The fourth-order valence-corrected chi connectivity index (χ4v) is 4.50. The molecular weight excluding hydrogens is 277 g/mol. The van der Waals surface area contributed by atoms with E-state index in [9.17, 15) is 9.36 Å². The quantitative estimate of drug-likeness (QED) is 0.597. The normalized spacial score (nSPS) is 24.1. The molecule has 1 aliphatic carbocycles. The number of nitrogens with zero attached hydrogens (tertiary/aromatic N) is 2. The van der Waals surface area contributed by atoms with Crippen LogP contribution < -0.4 is 5.09 Å². The fourth-order valence-electron chi connectivity index (χ4n) is 2.61. The second kappa shape index (κ2) is 7.55. The zero-order valence-corrected chi connectivity index (χ0v) is 14.2. The van der Waals surface area contributed by atoms with Gasteiger partial charge in [-0.2, -0.15) is 0 Å². The number of esters is 1. The molecule has 0 amide bonds. The van der Waals surface area contributed by atoms with Crippen molar-refractivity contribution in [3.8, 4) is 0 Å². The third-order valence-corrected chi connectivity index (χ3v) is 6.60. The van der Waals surface area contributed by atoms with Crippen LogP contribution in [-0.2, 0) is 14.1 Å². The molecule has 0 aromatic carbocycles. The van der Waals surface area contributed by atoms with E-state index in [1.54, 1.807) is 37.5 Å². The van der Waals surface area contributed by atoms with Gasteiger partial charge in [0.1, 0.15) is 0 Å². The Hall–Kier alpha value is -0.420. The minimum atomic E-state index is -2.74. The van der Waals surface area contributed by atoms with E-state index in [-0.39, 0.29) is 17.9 Å². The molecule has 20 heavy (non-hydrogen) atoms. The van der Waals surface area contributed by atoms with Crippen LogP contribution in [0.4, 0.5) is 0 Å². The van der Waals surface area contributed by atoms with Crippen LogP contribution in [0.5, 0.6) is 0 Å². The van der Waals surface area contributed by atoms with Gasteiger partial charge < -0.3 is 4.74 Å². The Balaban J connectivity index is 2.68. The SMILES string of the molecule is CCOC(=O)C1CCCC(NP(=O)(N(C)C)N(C)C)C1. The molecule has 0 spiro atoms. The summed E-state index contributed by atoms with van der Waals surface area (Å²) >= 11 is 0. The lowest BCUT2D eigenvalue weighted by Crippen LogP contribution is -2.41. The van der Waals surface area contributed by atoms with Crippen LogP contribution in [0.1, 0.15) is 32.6 Å². The van der Waals surface area contributed by atoms with Gasteiger partial charge in [-0.05, 0) is 54.4 Å². The third-order valence-electron chi connectivity index (χ3n) is 3.73. The monoisotopic (exact) mass is 305 g/mol. The molecule has 1 aliphatic rings. The average Bonchev–Trinajstić information content (AvgIpc) is 2.38. The van der Waals surface area contributed by atoms with Crippen LogP contribution in [0.3, 0.4) is 0 Å². The van der Waals surface area contributed by atoms with Crippen molar-refractivity contribution < 1.29 is 14.1 Å². The summed E-state index contributed by atoms with van der Waals surface area (Å²) in [4.78, 5) is 11.8. The third kappa shape index (κ3) is 4.29. The van der Waals surface area contributed by atoms with E-state index in [0.717, 1.165) is 19.3 Å². The molecule has 1 fully saturated rings. The highest BCUT2D eigenvalue weighted by Crippen LogP contribution is 2.46. The van der Waals surface area contributed by atoms with Crippen molar-refractivity contribution in [3.63, 3.8) is 0 Å². The average molecular weight is 305 g/mol. The summed E-state index contributed by atoms with van der Waals surface area (Å²) in [5.41, 5.74) is 0. The number of hydrogen-bond acceptors (Lipinski definition) is 3. The first-order valence-electron chi connectivity index (χ1n) is 7.21. The fraction of sp³-hybridized carbons (Fsp3) is 0.923. The van der Waals surface area contributed by atoms with Crippen LogP contribution >= 0.6 is 7.59 Å². The second-order valence-corrected chi connectivity index (χ2v) is 8.63. The van der Waals surface area contributed by atoms with Gasteiger partial charge in [-0.25, -0.2) is 14.4 Å². The molecule has 0 saturated heterocycles.